The molecule has 1 aliphatic heterocycles. The van der Waals surface area contributed by atoms with E-state index in [0.29, 0.717) is 13.0 Å². The van der Waals surface area contributed by atoms with E-state index in [1.165, 1.54) is 0 Å². The number of halogens is 1. The van der Waals surface area contributed by atoms with Crippen LogP contribution in [0, 0.1) is 0 Å². The number of nitrogens with one attached hydrogen (secondary N) is 1. The molecule has 0 saturated carbocycles. The van der Waals surface area contributed by atoms with Crippen molar-refractivity contribution >= 4 is 24.2 Å². The third-order valence-electron chi connectivity index (χ3n) is 3.00. The second-order valence-corrected chi connectivity index (χ2v) is 4.20. The van der Waals surface area contributed by atoms with Crippen molar-refractivity contribution in [3.8, 4) is 0 Å². The zero-order valence-corrected chi connectivity index (χ0v) is 11.3. The van der Waals surface area contributed by atoms with E-state index < -0.39 is 6.04 Å². The highest BCUT2D eigenvalue weighted by atomic mass is 35.5. The van der Waals surface area contributed by atoms with Gasteiger partial charge < -0.3 is 16.0 Å². The molecule has 2 amide bonds. The maximum Gasteiger partial charge on any atom is 0.242 e. The van der Waals surface area contributed by atoms with Crippen molar-refractivity contribution in [2.45, 2.75) is 44.7 Å². The van der Waals surface area contributed by atoms with Gasteiger partial charge in [-0.15, -0.1) is 12.4 Å². The van der Waals surface area contributed by atoms with Gasteiger partial charge >= 0.3 is 0 Å². The summed E-state index contributed by atoms with van der Waals surface area (Å²) < 4.78 is 0. The fourth-order valence-electron chi connectivity index (χ4n) is 2.12. The molecule has 1 rings (SSSR count). The molecule has 1 aliphatic rings. The van der Waals surface area contributed by atoms with Crippen LogP contribution < -0.4 is 11.1 Å². The molecule has 6 heteroatoms. The number of hydrogen-bond donors (Lipinski definition) is 2. The number of nitrogens with zero attached hydrogens (tertiary/aromatic N) is 1. The Hall–Kier alpha value is -0.810. The SMILES string of the molecule is CCCC(N)C(=O)N1CCCC1C(=O)NC.Cl. The molecule has 0 radical (unpaired) electrons. The van der Waals surface area contributed by atoms with E-state index in [0.717, 1.165) is 19.3 Å². The molecule has 0 aliphatic carbocycles. The molecule has 1 fully saturated rings. The molecule has 0 aromatic heterocycles. The van der Waals surface area contributed by atoms with Crippen LogP contribution in [0.25, 0.3) is 0 Å². The van der Waals surface area contributed by atoms with Gasteiger partial charge in [-0.2, -0.15) is 0 Å². The lowest BCUT2D eigenvalue weighted by Gasteiger charge is -2.26. The lowest BCUT2D eigenvalue weighted by atomic mass is 10.1. The van der Waals surface area contributed by atoms with E-state index in [2.05, 4.69) is 5.32 Å². The molecular formula is C11H22ClN3O2. The first kappa shape index (κ1) is 16.2. The Morgan fingerprint density at radius 3 is 2.71 bits per heavy atom. The van der Waals surface area contributed by atoms with Crippen LogP contribution in [0.15, 0.2) is 0 Å². The van der Waals surface area contributed by atoms with Gasteiger partial charge in [0.1, 0.15) is 6.04 Å². The molecule has 1 heterocycles. The van der Waals surface area contributed by atoms with Crippen molar-refractivity contribution in [1.29, 1.82) is 0 Å². The van der Waals surface area contributed by atoms with E-state index in [-0.39, 0.29) is 30.3 Å². The zero-order valence-electron chi connectivity index (χ0n) is 10.4. The molecule has 2 unspecified atom stereocenters. The summed E-state index contributed by atoms with van der Waals surface area (Å²) >= 11 is 0. The largest absolute Gasteiger partial charge is 0.357 e. The van der Waals surface area contributed by atoms with Crippen LogP contribution in [0.1, 0.15) is 32.6 Å². The van der Waals surface area contributed by atoms with Crippen LogP contribution in [-0.4, -0.2) is 42.4 Å². The first-order valence-corrected chi connectivity index (χ1v) is 5.89. The number of carbonyl (C=O) groups is 2. The predicted octanol–water partition coefficient (Wildman–Crippen LogP) is 0.273. The number of amides is 2. The van der Waals surface area contributed by atoms with Gasteiger partial charge in [0, 0.05) is 13.6 Å². The van der Waals surface area contributed by atoms with E-state index in [1.54, 1.807) is 11.9 Å². The summed E-state index contributed by atoms with van der Waals surface area (Å²) in [6, 6.07) is -0.782. The minimum Gasteiger partial charge on any atom is -0.357 e. The summed E-state index contributed by atoms with van der Waals surface area (Å²) in [6.07, 6.45) is 3.17. The van der Waals surface area contributed by atoms with E-state index in [4.69, 9.17) is 5.73 Å². The predicted molar refractivity (Wildman–Crippen MR) is 68.9 cm³/mol. The van der Waals surface area contributed by atoms with Gasteiger partial charge in [-0.25, -0.2) is 0 Å². The van der Waals surface area contributed by atoms with Gasteiger partial charge in [-0.05, 0) is 19.3 Å². The second kappa shape index (κ2) is 7.50. The number of likely N-dealkylation sites (tertiary alicyclic amines) is 1. The van der Waals surface area contributed by atoms with E-state index in [9.17, 15) is 9.59 Å². The van der Waals surface area contributed by atoms with Crippen molar-refractivity contribution in [3.63, 3.8) is 0 Å². The smallest absolute Gasteiger partial charge is 0.242 e. The molecule has 100 valence electrons. The topological polar surface area (TPSA) is 75.4 Å². The number of carbonyl (C=O) groups excluding carboxylic acids is 2. The molecule has 0 bridgehead atoms. The average molecular weight is 264 g/mol. The second-order valence-electron chi connectivity index (χ2n) is 4.20. The molecule has 17 heavy (non-hydrogen) atoms. The number of rotatable bonds is 4. The Kier molecular flexibility index (Phi) is 7.15. The minimum atomic E-state index is -0.463. The highest BCUT2D eigenvalue weighted by molar-refractivity contribution is 5.90. The van der Waals surface area contributed by atoms with Crippen LogP contribution in [0.3, 0.4) is 0 Å². The van der Waals surface area contributed by atoms with Gasteiger partial charge in [-0.3, -0.25) is 9.59 Å². The maximum absolute atomic E-state index is 12.0. The Morgan fingerprint density at radius 1 is 1.53 bits per heavy atom. The Balaban J connectivity index is 0.00000256. The zero-order chi connectivity index (χ0) is 12.1. The third-order valence-corrected chi connectivity index (χ3v) is 3.00. The van der Waals surface area contributed by atoms with Crippen LogP contribution in [0.5, 0.6) is 0 Å². The van der Waals surface area contributed by atoms with Gasteiger partial charge in [-0.1, -0.05) is 13.3 Å². The van der Waals surface area contributed by atoms with E-state index >= 15 is 0 Å². The summed E-state index contributed by atoms with van der Waals surface area (Å²) in [4.78, 5) is 25.2. The number of hydrogen-bond acceptors (Lipinski definition) is 3. The van der Waals surface area contributed by atoms with Crippen molar-refractivity contribution in [2.24, 2.45) is 5.73 Å². The van der Waals surface area contributed by atoms with Crippen molar-refractivity contribution < 1.29 is 9.59 Å². The molecule has 2 atom stereocenters. The summed E-state index contributed by atoms with van der Waals surface area (Å²) in [6.45, 7) is 2.64. The average Bonchev–Trinajstić information content (AvgIpc) is 2.76. The normalized spacial score (nSPS) is 20.6. The first-order valence-electron chi connectivity index (χ1n) is 5.89. The van der Waals surface area contributed by atoms with Crippen molar-refractivity contribution in [1.82, 2.24) is 10.2 Å². The van der Waals surface area contributed by atoms with Gasteiger partial charge in [0.2, 0.25) is 11.8 Å². The summed E-state index contributed by atoms with van der Waals surface area (Å²) in [5, 5.41) is 2.59. The molecule has 5 nitrogen and oxygen atoms in total. The van der Waals surface area contributed by atoms with Gasteiger partial charge in [0.25, 0.3) is 0 Å². The van der Waals surface area contributed by atoms with Crippen molar-refractivity contribution in [3.05, 3.63) is 0 Å². The molecule has 0 spiro atoms. The standard InChI is InChI=1S/C11H21N3O2.ClH/c1-3-5-8(12)11(16)14-7-4-6-9(14)10(15)13-2;/h8-9H,3-7,12H2,1-2H3,(H,13,15);1H. The summed E-state index contributed by atoms with van der Waals surface area (Å²) in [5.41, 5.74) is 5.79. The molecule has 3 N–H and O–H groups in total. The highest BCUT2D eigenvalue weighted by Crippen LogP contribution is 2.18. The first-order chi connectivity index (χ1) is 7.61. The molecule has 1 saturated heterocycles. The monoisotopic (exact) mass is 263 g/mol. The summed E-state index contributed by atoms with van der Waals surface area (Å²) in [5.74, 6) is -0.178. The quantitative estimate of drug-likeness (QED) is 0.765. The van der Waals surface area contributed by atoms with Crippen LogP contribution in [-0.2, 0) is 9.59 Å². The number of nitrogens with two attached hydrogens (primary N) is 1. The Labute approximate surface area is 109 Å². The van der Waals surface area contributed by atoms with Crippen LogP contribution in [0.4, 0.5) is 0 Å². The van der Waals surface area contributed by atoms with Gasteiger partial charge in [0.15, 0.2) is 0 Å². The lowest BCUT2D eigenvalue weighted by molar-refractivity contribution is -0.139. The molecular weight excluding hydrogens is 242 g/mol. The highest BCUT2D eigenvalue weighted by Gasteiger charge is 2.35. The summed E-state index contributed by atoms with van der Waals surface area (Å²) in [7, 11) is 1.59. The van der Waals surface area contributed by atoms with Crippen LogP contribution >= 0.6 is 12.4 Å². The number of likely N-dealkylation sites (N-methyl/N-ethyl adjacent to an activating group) is 1. The fraction of sp³-hybridized carbons (Fsp3) is 0.818. The van der Waals surface area contributed by atoms with Crippen molar-refractivity contribution in [2.75, 3.05) is 13.6 Å². The third kappa shape index (κ3) is 3.85. The van der Waals surface area contributed by atoms with Gasteiger partial charge in [0.05, 0.1) is 6.04 Å². The Bertz CT molecular complexity index is 273. The minimum absolute atomic E-state index is 0. The lowest BCUT2D eigenvalue weighted by Crippen LogP contribution is -2.50. The van der Waals surface area contributed by atoms with Crippen LogP contribution in [0.2, 0.25) is 0 Å². The molecule has 0 aromatic carbocycles. The van der Waals surface area contributed by atoms with E-state index in [1.807, 2.05) is 6.92 Å². The Morgan fingerprint density at radius 2 is 2.18 bits per heavy atom. The molecule has 0 aromatic rings. The fourth-order valence-corrected chi connectivity index (χ4v) is 2.12. The maximum atomic E-state index is 12.0.